The predicted octanol–water partition coefficient (Wildman–Crippen LogP) is 2.32. The summed E-state index contributed by atoms with van der Waals surface area (Å²) >= 11 is 0. The number of aliphatic carboxylic acids is 1. The Morgan fingerprint density at radius 1 is 1.32 bits per heavy atom. The molecule has 2 aliphatic heterocycles. The molecule has 3 aliphatic rings. The van der Waals surface area contributed by atoms with Crippen LogP contribution in [-0.2, 0) is 16.0 Å². The van der Waals surface area contributed by atoms with Gasteiger partial charge in [0.1, 0.15) is 35.1 Å². The Balaban J connectivity index is 1.44. The molecular formula is C18H14N2O5. The van der Waals surface area contributed by atoms with Gasteiger partial charge in [0, 0.05) is 29.7 Å². The lowest BCUT2D eigenvalue weighted by atomic mass is 10.1. The van der Waals surface area contributed by atoms with Gasteiger partial charge in [0.15, 0.2) is 0 Å². The molecule has 7 heteroatoms. The molecule has 0 unspecified atom stereocenters. The number of nitrogens with zero attached hydrogens (tertiary/aromatic N) is 1. The summed E-state index contributed by atoms with van der Waals surface area (Å²) in [6.45, 7) is 0. The van der Waals surface area contributed by atoms with Gasteiger partial charge in [-0.25, -0.2) is 4.98 Å². The van der Waals surface area contributed by atoms with E-state index in [1.54, 1.807) is 18.3 Å². The lowest BCUT2D eigenvalue weighted by molar-refractivity contribution is -0.139. The van der Waals surface area contributed by atoms with E-state index in [0.29, 0.717) is 30.2 Å². The van der Waals surface area contributed by atoms with Crippen LogP contribution in [0.2, 0.25) is 0 Å². The van der Waals surface area contributed by atoms with Crippen LogP contribution in [-0.4, -0.2) is 28.1 Å². The summed E-state index contributed by atoms with van der Waals surface area (Å²) in [6.07, 6.45) is 2.31. The monoisotopic (exact) mass is 338 g/mol. The first-order chi connectivity index (χ1) is 12.1. The fourth-order valence-electron chi connectivity index (χ4n) is 3.68. The Labute approximate surface area is 142 Å². The van der Waals surface area contributed by atoms with Crippen LogP contribution >= 0.6 is 0 Å². The van der Waals surface area contributed by atoms with Gasteiger partial charge in [0.05, 0.1) is 0 Å². The number of carboxylic acids is 1. The van der Waals surface area contributed by atoms with Crippen molar-refractivity contribution in [1.82, 2.24) is 4.98 Å². The Morgan fingerprint density at radius 2 is 2.20 bits per heavy atom. The number of carbonyl (C=O) groups is 2. The van der Waals surface area contributed by atoms with Crippen LogP contribution in [0.15, 0.2) is 30.5 Å². The van der Waals surface area contributed by atoms with Gasteiger partial charge in [-0.1, -0.05) is 0 Å². The molecule has 0 bridgehead atoms. The predicted molar refractivity (Wildman–Crippen MR) is 86.0 cm³/mol. The number of pyridine rings is 1. The molecule has 0 saturated heterocycles. The fraction of sp³-hybridized carbons (Fsp3) is 0.278. The third-order valence-corrected chi connectivity index (χ3v) is 4.94. The van der Waals surface area contributed by atoms with Crippen LogP contribution in [0.4, 0.5) is 5.82 Å². The number of benzene rings is 1. The van der Waals surface area contributed by atoms with E-state index in [1.807, 2.05) is 12.1 Å². The highest BCUT2D eigenvalue weighted by atomic mass is 16.5. The van der Waals surface area contributed by atoms with Gasteiger partial charge in [-0.2, -0.15) is 0 Å². The number of hydrogen-bond acceptors (Lipinski definition) is 5. The summed E-state index contributed by atoms with van der Waals surface area (Å²) in [4.78, 5) is 26.9. The summed E-state index contributed by atoms with van der Waals surface area (Å²) < 4.78 is 11.7. The van der Waals surface area contributed by atoms with Gasteiger partial charge < -0.3 is 19.9 Å². The van der Waals surface area contributed by atoms with Gasteiger partial charge in [-0.3, -0.25) is 9.59 Å². The number of ether oxygens (including phenoxy) is 2. The Hall–Kier alpha value is -3.09. The van der Waals surface area contributed by atoms with Crippen molar-refractivity contribution in [1.29, 1.82) is 0 Å². The Kier molecular flexibility index (Phi) is 2.83. The van der Waals surface area contributed by atoms with Crippen molar-refractivity contribution < 1.29 is 24.2 Å². The first kappa shape index (κ1) is 14.3. The lowest BCUT2D eigenvalue weighted by Gasteiger charge is -2.19. The number of anilines is 1. The molecule has 7 nitrogen and oxygen atoms in total. The average Bonchev–Trinajstić information content (AvgIpc) is 3.19. The molecule has 1 saturated carbocycles. The maximum absolute atomic E-state index is 11.5. The third-order valence-electron chi connectivity index (χ3n) is 4.94. The van der Waals surface area contributed by atoms with Gasteiger partial charge in [0.2, 0.25) is 5.91 Å². The first-order valence-electron chi connectivity index (χ1n) is 8.11. The smallest absolute Gasteiger partial charge is 0.311 e. The van der Waals surface area contributed by atoms with Crippen LogP contribution in [0, 0.1) is 5.92 Å². The minimum Gasteiger partial charge on any atom is -0.489 e. The van der Waals surface area contributed by atoms with E-state index < -0.39 is 11.9 Å². The molecule has 1 amide bonds. The molecular weight excluding hydrogens is 324 g/mol. The summed E-state index contributed by atoms with van der Waals surface area (Å²) in [5.74, 6) is 1.08. The molecule has 3 atom stereocenters. The number of hydrogen-bond donors (Lipinski definition) is 2. The van der Waals surface area contributed by atoms with Gasteiger partial charge in [0.25, 0.3) is 0 Å². The summed E-state index contributed by atoms with van der Waals surface area (Å²) in [5.41, 5.74) is 1.75. The molecule has 126 valence electrons. The molecule has 2 aromatic rings. The Bertz CT molecular complexity index is 926. The second-order valence-corrected chi connectivity index (χ2v) is 6.46. The third kappa shape index (κ3) is 2.15. The summed E-state index contributed by atoms with van der Waals surface area (Å²) in [7, 11) is 0. The van der Waals surface area contributed by atoms with E-state index in [4.69, 9.17) is 9.47 Å². The molecule has 5 rings (SSSR count). The maximum atomic E-state index is 11.5. The van der Waals surface area contributed by atoms with E-state index >= 15 is 0 Å². The van der Waals surface area contributed by atoms with Crippen LogP contribution in [0.5, 0.6) is 17.2 Å². The highest BCUT2D eigenvalue weighted by Gasteiger charge is 2.63. The van der Waals surface area contributed by atoms with Crippen LogP contribution in [0.1, 0.15) is 23.5 Å². The average molecular weight is 338 g/mol. The second kappa shape index (κ2) is 4.95. The van der Waals surface area contributed by atoms with Crippen molar-refractivity contribution in [3.05, 3.63) is 41.6 Å². The molecule has 1 fully saturated rings. The SMILES string of the molecule is O=C1CCc2c(Oc3ccc4c(c3)[C@@H]3[C@H](O4)[C@H]3C(=O)O)ccnc2N1. The lowest BCUT2D eigenvalue weighted by Crippen LogP contribution is -2.20. The Morgan fingerprint density at radius 3 is 3.04 bits per heavy atom. The second-order valence-electron chi connectivity index (χ2n) is 6.46. The molecule has 0 spiro atoms. The number of rotatable bonds is 3. The van der Waals surface area contributed by atoms with Gasteiger partial charge >= 0.3 is 5.97 Å². The van der Waals surface area contributed by atoms with Crippen molar-refractivity contribution >= 4 is 17.7 Å². The van der Waals surface area contributed by atoms with E-state index in [2.05, 4.69) is 10.3 Å². The standard InChI is InChI=1S/C18H14N2O5/c21-13-4-2-9-12(5-6-19-17(9)20-13)24-8-1-3-11-10(7-8)14-15(18(22)23)16(14)25-11/h1,3,5-7,14-16H,2,4H2,(H,22,23)(H,19,20,21)/t14-,15-,16-/m0/s1. The molecule has 3 heterocycles. The summed E-state index contributed by atoms with van der Waals surface area (Å²) in [6, 6.07) is 7.22. The van der Waals surface area contributed by atoms with Crippen LogP contribution in [0.3, 0.4) is 0 Å². The zero-order valence-corrected chi connectivity index (χ0v) is 13.1. The minimum atomic E-state index is -0.828. The maximum Gasteiger partial charge on any atom is 0.311 e. The fourth-order valence-corrected chi connectivity index (χ4v) is 3.68. The molecule has 1 aliphatic carbocycles. The highest BCUT2D eigenvalue weighted by Crippen LogP contribution is 2.59. The van der Waals surface area contributed by atoms with E-state index in [1.165, 1.54) is 0 Å². The number of fused-ring (bicyclic) bond motifs is 4. The largest absolute Gasteiger partial charge is 0.489 e. The minimum absolute atomic E-state index is 0.0497. The molecule has 2 N–H and O–H groups in total. The van der Waals surface area contributed by atoms with Crippen LogP contribution in [0.25, 0.3) is 0 Å². The number of aromatic nitrogens is 1. The first-order valence-corrected chi connectivity index (χ1v) is 8.11. The normalized spacial score (nSPS) is 25.1. The quantitative estimate of drug-likeness (QED) is 0.891. The van der Waals surface area contributed by atoms with Crippen molar-refractivity contribution in [2.45, 2.75) is 24.9 Å². The topological polar surface area (TPSA) is 97.8 Å². The van der Waals surface area contributed by atoms with Gasteiger partial charge in [-0.05, 0) is 30.7 Å². The van der Waals surface area contributed by atoms with Crippen molar-refractivity contribution in [3.63, 3.8) is 0 Å². The highest BCUT2D eigenvalue weighted by molar-refractivity contribution is 5.93. The summed E-state index contributed by atoms with van der Waals surface area (Å²) in [5, 5.41) is 11.9. The van der Waals surface area contributed by atoms with Crippen molar-refractivity contribution in [3.8, 4) is 17.2 Å². The zero-order chi connectivity index (χ0) is 17.1. The molecule has 1 aromatic heterocycles. The molecule has 0 radical (unpaired) electrons. The van der Waals surface area contributed by atoms with Crippen LogP contribution < -0.4 is 14.8 Å². The van der Waals surface area contributed by atoms with Crippen molar-refractivity contribution in [2.24, 2.45) is 5.92 Å². The number of carbonyl (C=O) groups excluding carboxylic acids is 1. The van der Waals surface area contributed by atoms with Gasteiger partial charge in [-0.15, -0.1) is 0 Å². The zero-order valence-electron chi connectivity index (χ0n) is 13.1. The molecule has 1 aromatic carbocycles. The number of nitrogens with one attached hydrogen (secondary N) is 1. The number of amides is 1. The van der Waals surface area contributed by atoms with E-state index in [0.717, 1.165) is 16.9 Å². The molecule has 25 heavy (non-hydrogen) atoms. The van der Waals surface area contributed by atoms with Crippen molar-refractivity contribution in [2.75, 3.05) is 5.32 Å². The van der Waals surface area contributed by atoms with E-state index in [9.17, 15) is 14.7 Å². The number of carboxylic acid groups (broad SMARTS) is 1. The van der Waals surface area contributed by atoms with E-state index in [-0.39, 0.29) is 17.9 Å².